The number of amides is 1. The van der Waals surface area contributed by atoms with Gasteiger partial charge in [0.05, 0.1) is 0 Å². The van der Waals surface area contributed by atoms with Gasteiger partial charge in [0.15, 0.2) is 5.69 Å². The monoisotopic (exact) mass is 334 g/mol. The minimum absolute atomic E-state index is 0.00925. The van der Waals surface area contributed by atoms with Crippen molar-refractivity contribution in [3.8, 4) is 17.2 Å². The molecule has 2 N–H and O–H groups in total. The predicted molar refractivity (Wildman–Crippen MR) is 96.3 cm³/mol. The molecule has 5 heteroatoms. The maximum absolute atomic E-state index is 12.3. The van der Waals surface area contributed by atoms with Crippen LogP contribution in [0.25, 0.3) is 0 Å². The van der Waals surface area contributed by atoms with Crippen LogP contribution in [0.3, 0.4) is 0 Å². The third kappa shape index (κ3) is 3.95. The second kappa shape index (κ2) is 7.05. The van der Waals surface area contributed by atoms with E-state index >= 15 is 0 Å². The van der Waals surface area contributed by atoms with E-state index in [0.29, 0.717) is 17.0 Å². The fourth-order valence-electron chi connectivity index (χ4n) is 2.36. The van der Waals surface area contributed by atoms with E-state index in [1.54, 1.807) is 37.3 Å². The van der Waals surface area contributed by atoms with Crippen LogP contribution in [0.5, 0.6) is 17.2 Å². The number of pyridine rings is 1. The molecular weight excluding hydrogens is 316 g/mol. The third-order valence-electron chi connectivity index (χ3n) is 3.66. The van der Waals surface area contributed by atoms with Gasteiger partial charge in [-0.05, 0) is 55.3 Å². The number of nitrogens with zero attached hydrogens (tertiary/aromatic N) is 1. The standard InChI is InChI=1S/C20H18N2O3/c1-13-5-3-7-16(11-13)25-17-8-4-6-15(12-17)22-20(24)18-19(23)14(2)9-10-21-18/h3-12,23H,1-2H3,(H,22,24). The first-order chi connectivity index (χ1) is 12.0. The SMILES string of the molecule is Cc1cccc(Oc2cccc(NC(=O)c3nccc(C)c3O)c2)c1. The number of benzene rings is 2. The maximum Gasteiger partial charge on any atom is 0.278 e. The van der Waals surface area contributed by atoms with Gasteiger partial charge in [-0.1, -0.05) is 18.2 Å². The van der Waals surface area contributed by atoms with Gasteiger partial charge in [-0.15, -0.1) is 0 Å². The smallest absolute Gasteiger partial charge is 0.278 e. The van der Waals surface area contributed by atoms with E-state index in [4.69, 9.17) is 4.74 Å². The highest BCUT2D eigenvalue weighted by Crippen LogP contribution is 2.26. The molecule has 0 bridgehead atoms. The van der Waals surface area contributed by atoms with Crippen molar-refractivity contribution in [3.63, 3.8) is 0 Å². The Hall–Kier alpha value is -3.34. The Bertz CT molecular complexity index is 922. The summed E-state index contributed by atoms with van der Waals surface area (Å²) in [7, 11) is 0. The largest absolute Gasteiger partial charge is 0.505 e. The van der Waals surface area contributed by atoms with Crippen LogP contribution in [0, 0.1) is 13.8 Å². The summed E-state index contributed by atoms with van der Waals surface area (Å²) in [6.45, 7) is 3.70. The Kier molecular flexibility index (Phi) is 4.66. The molecule has 0 aliphatic heterocycles. The van der Waals surface area contributed by atoms with Crippen molar-refractivity contribution in [2.45, 2.75) is 13.8 Å². The molecule has 0 unspecified atom stereocenters. The second-order valence-corrected chi connectivity index (χ2v) is 5.73. The van der Waals surface area contributed by atoms with Gasteiger partial charge < -0.3 is 15.2 Å². The fourth-order valence-corrected chi connectivity index (χ4v) is 2.36. The Morgan fingerprint density at radius 3 is 2.52 bits per heavy atom. The summed E-state index contributed by atoms with van der Waals surface area (Å²) < 4.78 is 5.81. The predicted octanol–water partition coefficient (Wildman–Crippen LogP) is 4.45. The summed E-state index contributed by atoms with van der Waals surface area (Å²) in [6.07, 6.45) is 1.49. The van der Waals surface area contributed by atoms with Crippen molar-refractivity contribution in [3.05, 3.63) is 77.6 Å². The Labute approximate surface area is 145 Å². The average molecular weight is 334 g/mol. The highest BCUT2D eigenvalue weighted by Gasteiger charge is 2.14. The minimum Gasteiger partial charge on any atom is -0.505 e. The van der Waals surface area contributed by atoms with E-state index in [0.717, 1.165) is 11.3 Å². The number of carbonyl (C=O) groups is 1. The van der Waals surface area contributed by atoms with Crippen molar-refractivity contribution in [2.24, 2.45) is 0 Å². The summed E-state index contributed by atoms with van der Waals surface area (Å²) in [5.74, 6) is 0.729. The minimum atomic E-state index is -0.478. The molecule has 126 valence electrons. The van der Waals surface area contributed by atoms with E-state index in [9.17, 15) is 9.90 Å². The van der Waals surface area contributed by atoms with E-state index in [1.807, 2.05) is 31.2 Å². The topological polar surface area (TPSA) is 71.5 Å². The number of hydrogen-bond acceptors (Lipinski definition) is 4. The molecular formula is C20H18N2O3. The number of aromatic hydroxyl groups is 1. The first-order valence-corrected chi connectivity index (χ1v) is 7.83. The van der Waals surface area contributed by atoms with Gasteiger partial charge in [0.25, 0.3) is 5.91 Å². The fraction of sp³-hybridized carbons (Fsp3) is 0.100. The van der Waals surface area contributed by atoms with E-state index < -0.39 is 5.91 Å². The van der Waals surface area contributed by atoms with Crippen molar-refractivity contribution in [1.82, 2.24) is 4.98 Å². The summed E-state index contributed by atoms with van der Waals surface area (Å²) in [5.41, 5.74) is 2.24. The van der Waals surface area contributed by atoms with E-state index in [2.05, 4.69) is 10.3 Å². The van der Waals surface area contributed by atoms with Crippen LogP contribution >= 0.6 is 0 Å². The summed E-state index contributed by atoms with van der Waals surface area (Å²) in [6, 6.07) is 16.4. The number of ether oxygens (including phenoxy) is 1. The molecule has 0 saturated heterocycles. The summed E-state index contributed by atoms with van der Waals surface area (Å²) >= 11 is 0. The zero-order chi connectivity index (χ0) is 17.8. The lowest BCUT2D eigenvalue weighted by atomic mass is 10.2. The average Bonchev–Trinajstić information content (AvgIpc) is 2.57. The zero-order valence-electron chi connectivity index (χ0n) is 14.0. The van der Waals surface area contributed by atoms with Crippen LogP contribution < -0.4 is 10.1 Å². The summed E-state index contributed by atoms with van der Waals surface area (Å²) in [4.78, 5) is 16.3. The van der Waals surface area contributed by atoms with Crippen LogP contribution in [0.1, 0.15) is 21.6 Å². The van der Waals surface area contributed by atoms with Crippen molar-refractivity contribution >= 4 is 11.6 Å². The molecule has 25 heavy (non-hydrogen) atoms. The number of aryl methyl sites for hydroxylation is 2. The number of anilines is 1. The lowest BCUT2D eigenvalue weighted by molar-refractivity contribution is 0.101. The highest BCUT2D eigenvalue weighted by atomic mass is 16.5. The first kappa shape index (κ1) is 16.5. The van der Waals surface area contributed by atoms with Crippen molar-refractivity contribution < 1.29 is 14.6 Å². The van der Waals surface area contributed by atoms with E-state index in [-0.39, 0.29) is 11.4 Å². The molecule has 2 aromatic carbocycles. The van der Waals surface area contributed by atoms with Crippen LogP contribution in [0.4, 0.5) is 5.69 Å². The third-order valence-corrected chi connectivity index (χ3v) is 3.66. The van der Waals surface area contributed by atoms with Gasteiger partial charge in [-0.2, -0.15) is 0 Å². The number of aromatic nitrogens is 1. The maximum atomic E-state index is 12.3. The molecule has 1 heterocycles. The highest BCUT2D eigenvalue weighted by molar-refractivity contribution is 6.04. The molecule has 0 fully saturated rings. The number of nitrogens with one attached hydrogen (secondary N) is 1. The Morgan fingerprint density at radius 1 is 1.04 bits per heavy atom. The Balaban J connectivity index is 1.77. The van der Waals surface area contributed by atoms with Crippen molar-refractivity contribution in [1.29, 1.82) is 0 Å². The normalized spacial score (nSPS) is 10.3. The van der Waals surface area contributed by atoms with Gasteiger partial charge in [0.2, 0.25) is 0 Å². The van der Waals surface area contributed by atoms with Gasteiger partial charge in [0.1, 0.15) is 17.2 Å². The molecule has 0 spiro atoms. The van der Waals surface area contributed by atoms with Gasteiger partial charge in [-0.3, -0.25) is 4.79 Å². The van der Waals surface area contributed by atoms with Gasteiger partial charge in [0, 0.05) is 18.0 Å². The number of rotatable bonds is 4. The molecule has 5 nitrogen and oxygen atoms in total. The molecule has 1 aromatic heterocycles. The zero-order valence-corrected chi connectivity index (χ0v) is 14.0. The molecule has 0 radical (unpaired) electrons. The molecule has 0 atom stereocenters. The molecule has 3 aromatic rings. The quantitative estimate of drug-likeness (QED) is 0.739. The van der Waals surface area contributed by atoms with Crippen LogP contribution in [-0.2, 0) is 0 Å². The Morgan fingerprint density at radius 2 is 1.76 bits per heavy atom. The molecule has 0 saturated carbocycles. The molecule has 3 rings (SSSR count). The molecule has 0 aliphatic rings. The first-order valence-electron chi connectivity index (χ1n) is 7.83. The number of hydrogen-bond donors (Lipinski definition) is 2. The van der Waals surface area contributed by atoms with E-state index in [1.165, 1.54) is 6.20 Å². The van der Waals surface area contributed by atoms with Crippen LogP contribution in [-0.4, -0.2) is 16.0 Å². The summed E-state index contributed by atoms with van der Waals surface area (Å²) in [5, 5.41) is 12.7. The molecule has 0 aliphatic carbocycles. The second-order valence-electron chi connectivity index (χ2n) is 5.73. The number of carbonyl (C=O) groups excluding carboxylic acids is 1. The van der Waals surface area contributed by atoms with Gasteiger partial charge >= 0.3 is 0 Å². The van der Waals surface area contributed by atoms with Gasteiger partial charge in [-0.25, -0.2) is 4.98 Å². The van der Waals surface area contributed by atoms with Crippen molar-refractivity contribution in [2.75, 3.05) is 5.32 Å². The van der Waals surface area contributed by atoms with Crippen LogP contribution in [0.2, 0.25) is 0 Å². The molecule has 1 amide bonds. The van der Waals surface area contributed by atoms with Crippen LogP contribution in [0.15, 0.2) is 60.8 Å². The lowest BCUT2D eigenvalue weighted by Gasteiger charge is -2.10. The lowest BCUT2D eigenvalue weighted by Crippen LogP contribution is -2.14.